The molecule has 0 aliphatic carbocycles. The second-order valence-corrected chi connectivity index (χ2v) is 2.68. The Balaban J connectivity index is 0.000000292. The van der Waals surface area contributed by atoms with Gasteiger partial charge in [-0.25, -0.2) is 4.79 Å². The van der Waals surface area contributed by atoms with E-state index in [9.17, 15) is 4.79 Å². The van der Waals surface area contributed by atoms with Crippen molar-refractivity contribution in [2.45, 2.75) is 0 Å². The molecule has 14 heavy (non-hydrogen) atoms. The summed E-state index contributed by atoms with van der Waals surface area (Å²) in [7, 11) is 0. The summed E-state index contributed by atoms with van der Waals surface area (Å²) in [5, 5.41) is 8.36. The summed E-state index contributed by atoms with van der Waals surface area (Å²) >= 11 is 5.75. The SMILES string of the molecule is C=CC(=O)O.C=Cc1ccccc1Cl. The minimum absolute atomic E-state index is 0.757. The third-order valence-electron chi connectivity index (χ3n) is 1.30. The van der Waals surface area contributed by atoms with Crippen LogP contribution in [-0.2, 0) is 4.79 Å². The molecule has 2 nitrogen and oxygen atoms in total. The van der Waals surface area contributed by atoms with Crippen LogP contribution in [0, 0.1) is 0 Å². The van der Waals surface area contributed by atoms with E-state index in [1.807, 2.05) is 24.3 Å². The number of hydrogen-bond acceptors (Lipinski definition) is 1. The topological polar surface area (TPSA) is 37.3 Å². The highest BCUT2D eigenvalue weighted by Gasteiger charge is 1.89. The molecule has 0 aliphatic rings. The first kappa shape index (κ1) is 12.5. The molecule has 74 valence electrons. The maximum Gasteiger partial charge on any atom is 0.327 e. The fraction of sp³-hybridized carbons (Fsp3) is 0. The lowest BCUT2D eigenvalue weighted by Gasteiger charge is -1.92. The van der Waals surface area contributed by atoms with Crippen LogP contribution in [0.4, 0.5) is 0 Å². The summed E-state index contributed by atoms with van der Waals surface area (Å²) < 4.78 is 0. The number of benzene rings is 1. The number of rotatable bonds is 2. The van der Waals surface area contributed by atoms with Crippen molar-refractivity contribution >= 4 is 23.6 Å². The van der Waals surface area contributed by atoms with Gasteiger partial charge in [0.05, 0.1) is 0 Å². The van der Waals surface area contributed by atoms with E-state index in [0.29, 0.717) is 0 Å². The zero-order chi connectivity index (χ0) is 11.0. The number of hydrogen-bond donors (Lipinski definition) is 1. The molecular weight excluding hydrogens is 200 g/mol. The average molecular weight is 211 g/mol. The summed E-state index contributed by atoms with van der Waals surface area (Å²) in [6.45, 7) is 6.57. The smallest absolute Gasteiger partial charge is 0.327 e. The van der Waals surface area contributed by atoms with Crippen molar-refractivity contribution in [2.75, 3.05) is 0 Å². The summed E-state index contributed by atoms with van der Waals surface area (Å²) in [4.78, 5) is 9.25. The van der Waals surface area contributed by atoms with Crippen LogP contribution in [0.2, 0.25) is 5.02 Å². The van der Waals surface area contributed by atoms with Gasteiger partial charge in [0.2, 0.25) is 0 Å². The molecule has 3 heteroatoms. The number of carbonyl (C=O) groups is 1. The van der Waals surface area contributed by atoms with Gasteiger partial charge in [0.1, 0.15) is 0 Å². The van der Waals surface area contributed by atoms with Crippen LogP contribution in [0.1, 0.15) is 5.56 Å². The molecule has 1 N–H and O–H groups in total. The quantitative estimate of drug-likeness (QED) is 0.761. The van der Waals surface area contributed by atoms with Crippen LogP contribution in [0.3, 0.4) is 0 Å². The first-order chi connectivity index (χ1) is 6.61. The Labute approximate surface area is 88.1 Å². The molecule has 0 heterocycles. The van der Waals surface area contributed by atoms with E-state index >= 15 is 0 Å². The van der Waals surface area contributed by atoms with Crippen molar-refractivity contribution in [2.24, 2.45) is 0 Å². The largest absolute Gasteiger partial charge is 0.478 e. The second-order valence-electron chi connectivity index (χ2n) is 2.27. The van der Waals surface area contributed by atoms with Gasteiger partial charge in [-0.15, -0.1) is 0 Å². The minimum atomic E-state index is -0.981. The molecule has 0 radical (unpaired) electrons. The van der Waals surface area contributed by atoms with Crippen LogP contribution < -0.4 is 0 Å². The van der Waals surface area contributed by atoms with Crippen molar-refractivity contribution in [3.05, 3.63) is 54.1 Å². The lowest BCUT2D eigenvalue weighted by Crippen LogP contribution is -1.82. The molecule has 0 atom stereocenters. The van der Waals surface area contributed by atoms with Gasteiger partial charge in [0, 0.05) is 11.1 Å². The van der Waals surface area contributed by atoms with Crippen LogP contribution in [0.5, 0.6) is 0 Å². The predicted molar refractivity (Wildman–Crippen MR) is 59.4 cm³/mol. The van der Waals surface area contributed by atoms with Gasteiger partial charge in [0.15, 0.2) is 0 Å². The molecule has 1 aromatic carbocycles. The Morgan fingerprint density at radius 1 is 1.36 bits per heavy atom. The van der Waals surface area contributed by atoms with E-state index in [1.165, 1.54) is 0 Å². The number of halogens is 1. The van der Waals surface area contributed by atoms with Crippen LogP contribution >= 0.6 is 11.6 Å². The second kappa shape index (κ2) is 6.92. The van der Waals surface area contributed by atoms with E-state index in [0.717, 1.165) is 16.7 Å². The highest BCUT2D eigenvalue weighted by Crippen LogP contribution is 2.14. The van der Waals surface area contributed by atoms with Gasteiger partial charge in [0.25, 0.3) is 0 Å². The van der Waals surface area contributed by atoms with Crippen molar-refractivity contribution in [1.29, 1.82) is 0 Å². The van der Waals surface area contributed by atoms with Gasteiger partial charge < -0.3 is 5.11 Å². The van der Waals surface area contributed by atoms with Gasteiger partial charge in [-0.05, 0) is 11.6 Å². The third kappa shape index (κ3) is 5.17. The fourth-order valence-corrected chi connectivity index (χ4v) is 0.854. The molecule has 0 bridgehead atoms. The zero-order valence-electron chi connectivity index (χ0n) is 7.61. The Kier molecular flexibility index (Phi) is 6.16. The van der Waals surface area contributed by atoms with Gasteiger partial charge in [-0.2, -0.15) is 0 Å². The maximum absolute atomic E-state index is 9.25. The van der Waals surface area contributed by atoms with Gasteiger partial charge in [-0.1, -0.05) is 49.0 Å². The van der Waals surface area contributed by atoms with Crippen molar-refractivity contribution < 1.29 is 9.90 Å². The summed E-state index contributed by atoms with van der Waals surface area (Å²) in [6, 6.07) is 7.60. The Morgan fingerprint density at radius 2 is 1.86 bits per heavy atom. The van der Waals surface area contributed by atoms with Gasteiger partial charge >= 0.3 is 5.97 Å². The maximum atomic E-state index is 9.25. The molecule has 1 rings (SSSR count). The predicted octanol–water partition coefficient (Wildman–Crippen LogP) is 3.24. The molecule has 0 fully saturated rings. The normalized spacial score (nSPS) is 8.07. The lowest BCUT2D eigenvalue weighted by atomic mass is 10.2. The first-order valence-electron chi connectivity index (χ1n) is 3.84. The standard InChI is InChI=1S/C8H7Cl.C3H4O2/c1-2-7-5-3-4-6-8(7)9;1-2-3(4)5/h2-6H,1H2;2H,1H2,(H,4,5). The number of carboxylic acid groups (broad SMARTS) is 1. The van der Waals surface area contributed by atoms with Crippen molar-refractivity contribution in [1.82, 2.24) is 0 Å². The van der Waals surface area contributed by atoms with Crippen LogP contribution in [-0.4, -0.2) is 11.1 Å². The van der Waals surface area contributed by atoms with E-state index in [-0.39, 0.29) is 0 Å². The highest BCUT2D eigenvalue weighted by molar-refractivity contribution is 6.32. The summed E-state index contributed by atoms with van der Waals surface area (Å²) in [6.07, 6.45) is 2.57. The molecule has 0 aliphatic heterocycles. The lowest BCUT2D eigenvalue weighted by molar-refractivity contribution is -0.131. The third-order valence-corrected chi connectivity index (χ3v) is 1.64. The summed E-state index contributed by atoms with van der Waals surface area (Å²) in [5.41, 5.74) is 0.985. The summed E-state index contributed by atoms with van der Waals surface area (Å²) in [5.74, 6) is -0.981. The Bertz CT molecular complexity index is 332. The molecule has 0 saturated heterocycles. The van der Waals surface area contributed by atoms with Crippen LogP contribution in [0.15, 0.2) is 43.5 Å². The van der Waals surface area contributed by atoms with Gasteiger partial charge in [-0.3, -0.25) is 0 Å². The minimum Gasteiger partial charge on any atom is -0.478 e. The molecule has 0 spiro atoms. The van der Waals surface area contributed by atoms with E-state index in [2.05, 4.69) is 13.2 Å². The number of aliphatic carboxylic acids is 1. The van der Waals surface area contributed by atoms with Crippen molar-refractivity contribution in [3.8, 4) is 0 Å². The van der Waals surface area contributed by atoms with Crippen molar-refractivity contribution in [3.63, 3.8) is 0 Å². The van der Waals surface area contributed by atoms with E-state index in [4.69, 9.17) is 16.7 Å². The molecule has 0 aromatic heterocycles. The number of carboxylic acids is 1. The first-order valence-corrected chi connectivity index (χ1v) is 4.22. The molecule has 0 amide bonds. The molecule has 0 unspecified atom stereocenters. The fourth-order valence-electron chi connectivity index (χ4n) is 0.641. The van der Waals surface area contributed by atoms with E-state index in [1.54, 1.807) is 6.08 Å². The van der Waals surface area contributed by atoms with Crippen LogP contribution in [0.25, 0.3) is 6.08 Å². The molecule has 0 saturated carbocycles. The molecule has 1 aromatic rings. The highest BCUT2D eigenvalue weighted by atomic mass is 35.5. The Hall–Kier alpha value is -1.54. The van der Waals surface area contributed by atoms with E-state index < -0.39 is 5.97 Å². The monoisotopic (exact) mass is 210 g/mol. The Morgan fingerprint density at radius 3 is 2.14 bits per heavy atom. The average Bonchev–Trinajstić information content (AvgIpc) is 2.19. The zero-order valence-corrected chi connectivity index (χ0v) is 8.37. The molecular formula is C11H11ClO2.